The van der Waals surface area contributed by atoms with Crippen LogP contribution in [0.2, 0.25) is 10.0 Å². The quantitative estimate of drug-likeness (QED) is 0.718. The van der Waals surface area contributed by atoms with Crippen LogP contribution in [0.1, 0.15) is 15.9 Å². The molecule has 0 radical (unpaired) electrons. The molecule has 0 saturated carbocycles. The van der Waals surface area contributed by atoms with E-state index in [1.54, 1.807) is 24.3 Å². The molecule has 1 amide bonds. The number of anilines is 1. The lowest BCUT2D eigenvalue weighted by atomic mass is 10.1. The molecule has 2 aromatic carbocycles. The van der Waals surface area contributed by atoms with E-state index in [4.69, 9.17) is 27.9 Å². The molecule has 0 aromatic heterocycles. The van der Waals surface area contributed by atoms with Gasteiger partial charge in [-0.1, -0.05) is 35.3 Å². The molecule has 0 saturated heterocycles. The van der Waals surface area contributed by atoms with Gasteiger partial charge in [0.1, 0.15) is 0 Å². The summed E-state index contributed by atoms with van der Waals surface area (Å²) in [4.78, 5) is 24.5. The van der Waals surface area contributed by atoms with E-state index in [0.29, 0.717) is 22.2 Å². The highest BCUT2D eigenvalue weighted by Crippen LogP contribution is 2.24. The average Bonchev–Trinajstić information content (AvgIpc) is 2.61. The lowest BCUT2D eigenvalue weighted by molar-refractivity contribution is -0.115. The van der Waals surface area contributed by atoms with E-state index >= 15 is 0 Å². The van der Waals surface area contributed by atoms with Gasteiger partial charge in [-0.15, -0.1) is 0 Å². The van der Waals surface area contributed by atoms with Crippen LogP contribution in [0, 0.1) is 0 Å². The van der Waals surface area contributed by atoms with Gasteiger partial charge in [0.25, 0.3) is 0 Å². The standard InChI is InChI=1S/C18H17Cl2NO3S/c1-24-18(23)14-10-13(20)7-8-15(14)21-17(22)16(25-2)9-11-3-5-12(19)6-4-11/h3-8,10,16H,9H2,1-2H3,(H,21,22). The van der Waals surface area contributed by atoms with Crippen molar-refractivity contribution in [2.75, 3.05) is 18.7 Å². The first-order chi connectivity index (χ1) is 11.9. The SMILES string of the molecule is COC(=O)c1cc(Cl)ccc1NC(=O)C(Cc1ccc(Cl)cc1)SC. The molecular weight excluding hydrogens is 381 g/mol. The first-order valence-electron chi connectivity index (χ1n) is 7.40. The third kappa shape index (κ3) is 5.39. The van der Waals surface area contributed by atoms with E-state index in [-0.39, 0.29) is 16.7 Å². The molecule has 25 heavy (non-hydrogen) atoms. The van der Waals surface area contributed by atoms with E-state index in [2.05, 4.69) is 5.32 Å². The predicted molar refractivity (Wildman–Crippen MR) is 104 cm³/mol. The van der Waals surface area contributed by atoms with Gasteiger partial charge in [0.2, 0.25) is 5.91 Å². The molecule has 1 N–H and O–H groups in total. The summed E-state index contributed by atoms with van der Waals surface area (Å²) in [5.41, 5.74) is 1.59. The Bertz CT molecular complexity index is 765. The second-order valence-electron chi connectivity index (χ2n) is 5.23. The third-order valence-electron chi connectivity index (χ3n) is 3.56. The number of hydrogen-bond acceptors (Lipinski definition) is 4. The number of halogens is 2. The van der Waals surface area contributed by atoms with Crippen molar-refractivity contribution >= 4 is 52.5 Å². The van der Waals surface area contributed by atoms with Crippen LogP contribution in [0.3, 0.4) is 0 Å². The van der Waals surface area contributed by atoms with Crippen molar-refractivity contribution in [2.45, 2.75) is 11.7 Å². The minimum atomic E-state index is -0.559. The number of esters is 1. The maximum absolute atomic E-state index is 12.6. The van der Waals surface area contributed by atoms with Gasteiger partial charge < -0.3 is 10.1 Å². The minimum absolute atomic E-state index is 0.199. The number of nitrogens with one attached hydrogen (secondary N) is 1. The fourth-order valence-electron chi connectivity index (χ4n) is 2.24. The van der Waals surface area contributed by atoms with E-state index in [0.717, 1.165) is 5.56 Å². The molecule has 4 nitrogen and oxygen atoms in total. The molecule has 2 rings (SSSR count). The normalized spacial score (nSPS) is 11.7. The molecular formula is C18H17Cl2NO3S. The van der Waals surface area contributed by atoms with Gasteiger partial charge in [-0.25, -0.2) is 4.79 Å². The van der Waals surface area contributed by atoms with Crippen LogP contribution in [-0.2, 0) is 16.0 Å². The van der Waals surface area contributed by atoms with Gasteiger partial charge >= 0.3 is 5.97 Å². The molecule has 0 heterocycles. The second-order valence-corrected chi connectivity index (χ2v) is 7.14. The summed E-state index contributed by atoms with van der Waals surface area (Å²) >= 11 is 13.2. The average molecular weight is 398 g/mol. The molecule has 1 unspecified atom stereocenters. The van der Waals surface area contributed by atoms with Gasteiger partial charge in [-0.3, -0.25) is 4.79 Å². The third-order valence-corrected chi connectivity index (χ3v) is 4.99. The van der Waals surface area contributed by atoms with Gasteiger partial charge in [-0.2, -0.15) is 11.8 Å². The first-order valence-corrected chi connectivity index (χ1v) is 9.45. The summed E-state index contributed by atoms with van der Waals surface area (Å²) in [5.74, 6) is -0.758. The number of thioether (sulfide) groups is 1. The molecule has 0 fully saturated rings. The van der Waals surface area contributed by atoms with Crippen molar-refractivity contribution in [1.29, 1.82) is 0 Å². The highest BCUT2D eigenvalue weighted by Gasteiger charge is 2.21. The van der Waals surface area contributed by atoms with Crippen molar-refractivity contribution in [3.63, 3.8) is 0 Å². The van der Waals surface area contributed by atoms with Crippen LogP contribution in [-0.4, -0.2) is 30.5 Å². The predicted octanol–water partition coefficient (Wildman–Crippen LogP) is 4.69. The van der Waals surface area contributed by atoms with Crippen LogP contribution in [0.15, 0.2) is 42.5 Å². The largest absolute Gasteiger partial charge is 0.465 e. The van der Waals surface area contributed by atoms with E-state index in [1.165, 1.54) is 24.9 Å². The van der Waals surface area contributed by atoms with E-state index < -0.39 is 5.97 Å². The fraction of sp³-hybridized carbons (Fsp3) is 0.222. The van der Waals surface area contributed by atoms with Gasteiger partial charge in [0.15, 0.2) is 0 Å². The van der Waals surface area contributed by atoms with E-state index in [9.17, 15) is 9.59 Å². The highest BCUT2D eigenvalue weighted by molar-refractivity contribution is 7.99. The zero-order chi connectivity index (χ0) is 18.4. The molecule has 7 heteroatoms. The maximum Gasteiger partial charge on any atom is 0.340 e. The molecule has 2 aromatic rings. The highest BCUT2D eigenvalue weighted by atomic mass is 35.5. The number of amides is 1. The monoisotopic (exact) mass is 397 g/mol. The van der Waals surface area contributed by atoms with Crippen molar-refractivity contribution < 1.29 is 14.3 Å². The Kier molecular flexibility index (Phi) is 7.17. The van der Waals surface area contributed by atoms with Crippen molar-refractivity contribution in [3.8, 4) is 0 Å². The number of carbonyl (C=O) groups excluding carboxylic acids is 2. The van der Waals surface area contributed by atoms with Gasteiger partial charge in [-0.05, 0) is 48.6 Å². The topological polar surface area (TPSA) is 55.4 Å². The summed E-state index contributed by atoms with van der Waals surface area (Å²) < 4.78 is 4.74. The van der Waals surface area contributed by atoms with Gasteiger partial charge in [0.05, 0.1) is 23.6 Å². The Morgan fingerprint density at radius 3 is 2.36 bits per heavy atom. The van der Waals surface area contributed by atoms with Crippen molar-refractivity contribution in [1.82, 2.24) is 0 Å². The Balaban J connectivity index is 2.16. The number of carbonyl (C=O) groups is 2. The summed E-state index contributed by atoms with van der Waals surface area (Å²) in [5, 5.41) is 3.51. The number of ether oxygens (including phenoxy) is 1. The number of rotatable bonds is 6. The number of benzene rings is 2. The van der Waals surface area contributed by atoms with Gasteiger partial charge in [0, 0.05) is 10.0 Å². The molecule has 0 aliphatic heterocycles. The van der Waals surface area contributed by atoms with Crippen LogP contribution >= 0.6 is 35.0 Å². The lowest BCUT2D eigenvalue weighted by Crippen LogP contribution is -2.27. The summed E-state index contributed by atoms with van der Waals surface area (Å²) in [7, 11) is 1.28. The van der Waals surface area contributed by atoms with Crippen LogP contribution in [0.5, 0.6) is 0 Å². The summed E-state index contributed by atoms with van der Waals surface area (Å²) in [6.45, 7) is 0. The maximum atomic E-state index is 12.6. The summed E-state index contributed by atoms with van der Waals surface area (Å²) in [6.07, 6.45) is 2.41. The molecule has 0 aliphatic carbocycles. The minimum Gasteiger partial charge on any atom is -0.465 e. The van der Waals surface area contributed by atoms with E-state index in [1.807, 2.05) is 18.4 Å². The van der Waals surface area contributed by atoms with Crippen molar-refractivity contribution in [3.05, 3.63) is 63.6 Å². The Hall–Kier alpha value is -1.69. The van der Waals surface area contributed by atoms with Crippen molar-refractivity contribution in [2.24, 2.45) is 0 Å². The zero-order valence-corrected chi connectivity index (χ0v) is 16.0. The Morgan fingerprint density at radius 1 is 1.12 bits per heavy atom. The zero-order valence-electron chi connectivity index (χ0n) is 13.7. The Morgan fingerprint density at radius 2 is 1.76 bits per heavy atom. The molecule has 0 spiro atoms. The van der Waals surface area contributed by atoms with Crippen LogP contribution in [0.25, 0.3) is 0 Å². The summed E-state index contributed by atoms with van der Waals surface area (Å²) in [6, 6.07) is 12.0. The van der Waals surface area contributed by atoms with Crippen LogP contribution in [0.4, 0.5) is 5.69 Å². The first kappa shape index (κ1) is 19.6. The number of hydrogen-bond donors (Lipinski definition) is 1. The smallest absolute Gasteiger partial charge is 0.340 e. The number of methoxy groups -OCH3 is 1. The second kappa shape index (κ2) is 9.13. The van der Waals surface area contributed by atoms with Crippen LogP contribution < -0.4 is 5.32 Å². The fourth-order valence-corrected chi connectivity index (χ4v) is 3.17. The molecule has 1 atom stereocenters. The Labute approximate surface area is 160 Å². The molecule has 132 valence electrons. The lowest BCUT2D eigenvalue weighted by Gasteiger charge is -2.16. The molecule has 0 aliphatic rings. The molecule has 0 bridgehead atoms.